The van der Waals surface area contributed by atoms with Gasteiger partial charge in [-0.3, -0.25) is 4.79 Å². The summed E-state index contributed by atoms with van der Waals surface area (Å²) in [6, 6.07) is 0.0566. The Morgan fingerprint density at radius 3 is 2.83 bits per heavy atom. The summed E-state index contributed by atoms with van der Waals surface area (Å²) in [6.45, 7) is 6.05. The average Bonchev–Trinajstić information content (AvgIpc) is 2.03. The van der Waals surface area contributed by atoms with Crippen LogP contribution in [-0.4, -0.2) is 25.0 Å². The van der Waals surface area contributed by atoms with E-state index in [0.717, 1.165) is 25.9 Å². The third-order valence-electron chi connectivity index (χ3n) is 2.16. The van der Waals surface area contributed by atoms with E-state index in [1.54, 1.807) is 0 Å². The van der Waals surface area contributed by atoms with Crippen LogP contribution in [0.5, 0.6) is 0 Å². The van der Waals surface area contributed by atoms with Gasteiger partial charge in [0.15, 0.2) is 0 Å². The van der Waals surface area contributed by atoms with Gasteiger partial charge in [-0.2, -0.15) is 0 Å². The number of amides is 1. The molecule has 0 aromatic carbocycles. The Labute approximate surface area is 73.9 Å². The van der Waals surface area contributed by atoms with Crippen LogP contribution in [0.15, 0.2) is 0 Å². The van der Waals surface area contributed by atoms with Crippen LogP contribution in [0.3, 0.4) is 0 Å². The molecule has 3 nitrogen and oxygen atoms in total. The van der Waals surface area contributed by atoms with Gasteiger partial charge in [0, 0.05) is 13.1 Å². The van der Waals surface area contributed by atoms with Crippen LogP contribution in [0.25, 0.3) is 0 Å². The number of piperazine rings is 1. The van der Waals surface area contributed by atoms with Gasteiger partial charge in [0.1, 0.15) is 0 Å². The van der Waals surface area contributed by atoms with Gasteiger partial charge in [-0.1, -0.05) is 13.8 Å². The Bertz CT molecular complexity index is 157. The topological polar surface area (TPSA) is 41.1 Å². The van der Waals surface area contributed by atoms with E-state index in [1.165, 1.54) is 0 Å². The fourth-order valence-corrected chi connectivity index (χ4v) is 1.38. The van der Waals surface area contributed by atoms with Gasteiger partial charge in [0.25, 0.3) is 0 Å². The monoisotopic (exact) mass is 170 g/mol. The lowest BCUT2D eigenvalue weighted by Gasteiger charge is -2.23. The van der Waals surface area contributed by atoms with Crippen LogP contribution in [0.1, 0.15) is 26.7 Å². The molecule has 2 N–H and O–H groups in total. The van der Waals surface area contributed by atoms with Gasteiger partial charge in [-0.15, -0.1) is 0 Å². The maximum absolute atomic E-state index is 11.2. The highest BCUT2D eigenvalue weighted by atomic mass is 16.2. The second-order valence-corrected chi connectivity index (χ2v) is 3.77. The minimum atomic E-state index is 0.0566. The molecule has 0 aromatic heterocycles. The Morgan fingerprint density at radius 1 is 1.50 bits per heavy atom. The van der Waals surface area contributed by atoms with Gasteiger partial charge in [-0.25, -0.2) is 0 Å². The predicted molar refractivity (Wildman–Crippen MR) is 48.9 cm³/mol. The molecule has 0 spiro atoms. The molecule has 70 valence electrons. The van der Waals surface area contributed by atoms with Crippen molar-refractivity contribution in [1.29, 1.82) is 0 Å². The quantitative estimate of drug-likeness (QED) is 0.648. The first-order chi connectivity index (χ1) is 5.70. The van der Waals surface area contributed by atoms with Crippen LogP contribution < -0.4 is 10.6 Å². The first-order valence-electron chi connectivity index (χ1n) is 4.71. The fraction of sp³-hybridized carbons (Fsp3) is 0.889. The zero-order valence-electron chi connectivity index (χ0n) is 7.89. The lowest BCUT2D eigenvalue weighted by atomic mass is 10.0. The molecular formula is C9H18N2O. The number of nitrogens with one attached hydrogen (secondary N) is 2. The summed E-state index contributed by atoms with van der Waals surface area (Å²) in [5.41, 5.74) is 0. The van der Waals surface area contributed by atoms with Crippen molar-refractivity contribution < 1.29 is 4.79 Å². The molecule has 1 aliphatic rings. The van der Waals surface area contributed by atoms with Gasteiger partial charge in [-0.05, 0) is 18.8 Å². The Morgan fingerprint density at radius 2 is 2.25 bits per heavy atom. The zero-order valence-corrected chi connectivity index (χ0v) is 7.89. The second kappa shape index (κ2) is 4.45. The van der Waals surface area contributed by atoms with E-state index in [-0.39, 0.29) is 11.9 Å². The molecule has 1 amide bonds. The summed E-state index contributed by atoms with van der Waals surface area (Å²) >= 11 is 0. The molecule has 0 saturated carbocycles. The van der Waals surface area contributed by atoms with Crippen LogP contribution in [0.2, 0.25) is 0 Å². The van der Waals surface area contributed by atoms with Gasteiger partial charge in [0.05, 0.1) is 6.04 Å². The average molecular weight is 170 g/mol. The summed E-state index contributed by atoms with van der Waals surface area (Å²) in [7, 11) is 0. The smallest absolute Gasteiger partial charge is 0.237 e. The molecular weight excluding hydrogens is 152 g/mol. The van der Waals surface area contributed by atoms with E-state index in [1.807, 2.05) is 0 Å². The van der Waals surface area contributed by atoms with Crippen molar-refractivity contribution in [2.24, 2.45) is 5.92 Å². The molecule has 1 unspecified atom stereocenters. The first-order valence-corrected chi connectivity index (χ1v) is 4.71. The molecule has 12 heavy (non-hydrogen) atoms. The molecule has 1 fully saturated rings. The molecule has 1 atom stereocenters. The third-order valence-corrected chi connectivity index (χ3v) is 2.16. The lowest BCUT2D eigenvalue weighted by molar-refractivity contribution is -0.124. The van der Waals surface area contributed by atoms with Crippen molar-refractivity contribution in [3.8, 4) is 0 Å². The molecule has 0 aliphatic carbocycles. The Balaban J connectivity index is 2.25. The second-order valence-electron chi connectivity index (χ2n) is 3.77. The minimum Gasteiger partial charge on any atom is -0.353 e. The molecule has 1 rings (SSSR count). The van der Waals surface area contributed by atoms with Crippen LogP contribution in [0, 0.1) is 5.92 Å². The summed E-state index contributed by atoms with van der Waals surface area (Å²) in [5, 5.41) is 6.07. The standard InChI is InChI=1S/C9H18N2O/c1-7(2)3-4-8-9(12)11-6-5-10-8/h7-8,10H,3-6H2,1-2H3,(H,11,12). The van der Waals surface area contributed by atoms with E-state index in [2.05, 4.69) is 24.5 Å². The normalized spacial score (nSPS) is 24.2. The highest BCUT2D eigenvalue weighted by molar-refractivity contribution is 5.82. The summed E-state index contributed by atoms with van der Waals surface area (Å²) < 4.78 is 0. The summed E-state index contributed by atoms with van der Waals surface area (Å²) in [6.07, 6.45) is 2.08. The van der Waals surface area contributed by atoms with Crippen molar-refractivity contribution in [2.75, 3.05) is 13.1 Å². The highest BCUT2D eigenvalue weighted by Crippen LogP contribution is 2.07. The van der Waals surface area contributed by atoms with Gasteiger partial charge in [0.2, 0.25) is 5.91 Å². The van der Waals surface area contributed by atoms with Crippen LogP contribution in [0.4, 0.5) is 0 Å². The van der Waals surface area contributed by atoms with E-state index in [9.17, 15) is 4.79 Å². The number of hydrogen-bond acceptors (Lipinski definition) is 2. The van der Waals surface area contributed by atoms with Crippen molar-refractivity contribution in [3.05, 3.63) is 0 Å². The van der Waals surface area contributed by atoms with Crippen molar-refractivity contribution in [2.45, 2.75) is 32.7 Å². The largest absolute Gasteiger partial charge is 0.353 e. The van der Waals surface area contributed by atoms with Crippen LogP contribution >= 0.6 is 0 Å². The van der Waals surface area contributed by atoms with Crippen LogP contribution in [-0.2, 0) is 4.79 Å². The van der Waals surface area contributed by atoms with E-state index < -0.39 is 0 Å². The highest BCUT2D eigenvalue weighted by Gasteiger charge is 2.20. The molecule has 0 radical (unpaired) electrons. The van der Waals surface area contributed by atoms with Gasteiger partial charge < -0.3 is 10.6 Å². The van der Waals surface area contributed by atoms with Crippen molar-refractivity contribution >= 4 is 5.91 Å². The number of carbonyl (C=O) groups is 1. The zero-order chi connectivity index (χ0) is 8.97. The van der Waals surface area contributed by atoms with Gasteiger partial charge >= 0.3 is 0 Å². The third kappa shape index (κ3) is 2.81. The van der Waals surface area contributed by atoms with Crippen molar-refractivity contribution in [3.63, 3.8) is 0 Å². The Hall–Kier alpha value is -0.570. The Kier molecular flexibility index (Phi) is 3.53. The lowest BCUT2D eigenvalue weighted by Crippen LogP contribution is -2.52. The first kappa shape index (κ1) is 9.52. The van der Waals surface area contributed by atoms with E-state index >= 15 is 0 Å². The molecule has 0 aromatic rings. The summed E-state index contributed by atoms with van der Waals surface area (Å²) in [4.78, 5) is 11.2. The summed E-state index contributed by atoms with van der Waals surface area (Å²) in [5.74, 6) is 0.850. The maximum atomic E-state index is 11.2. The molecule has 0 bridgehead atoms. The molecule has 1 aliphatic heterocycles. The maximum Gasteiger partial charge on any atom is 0.237 e. The fourth-order valence-electron chi connectivity index (χ4n) is 1.38. The van der Waals surface area contributed by atoms with Crippen molar-refractivity contribution in [1.82, 2.24) is 10.6 Å². The molecule has 1 heterocycles. The minimum absolute atomic E-state index is 0.0566. The number of rotatable bonds is 3. The number of carbonyl (C=O) groups excluding carboxylic acids is 1. The predicted octanol–water partition coefficient (Wildman–Crippen LogP) is 0.511. The van der Waals surface area contributed by atoms with E-state index in [0.29, 0.717) is 5.92 Å². The SMILES string of the molecule is CC(C)CCC1NCCNC1=O. The number of hydrogen-bond donors (Lipinski definition) is 2. The van der Waals surface area contributed by atoms with E-state index in [4.69, 9.17) is 0 Å². The molecule has 1 saturated heterocycles. The molecule has 3 heteroatoms.